The molecule has 3 aromatic heterocycles. The molecule has 9 heteroatoms. The molecule has 0 fully saturated rings. The van der Waals surface area contributed by atoms with E-state index in [2.05, 4.69) is 120 Å². The van der Waals surface area contributed by atoms with Gasteiger partial charge in [-0.1, -0.05) is 59.8 Å². The second-order valence-electron chi connectivity index (χ2n) is 14.0. The van der Waals surface area contributed by atoms with E-state index in [1.54, 1.807) is 12.4 Å². The van der Waals surface area contributed by atoms with E-state index in [-0.39, 0.29) is 0 Å². The lowest BCUT2D eigenvalue weighted by Crippen LogP contribution is -2.26. The lowest BCUT2D eigenvalue weighted by atomic mass is 10.1. The van der Waals surface area contributed by atoms with E-state index >= 15 is 0 Å². The maximum atomic E-state index is 4.39. The van der Waals surface area contributed by atoms with Gasteiger partial charge in [0.1, 0.15) is 11.6 Å². The van der Waals surface area contributed by atoms with Crippen molar-refractivity contribution >= 4 is 23.1 Å². The number of hydrogen-bond acceptors (Lipinski definition) is 8. The standard InChI is InChI=1S/C9H14N2.C8H12N2.C8H15N.C8H13N.C6H10N2.C2H7N.C2H6/c1-8(2)11(3)9-6-4-5-7-10-9;1-7(2)10-8-5-3-4-6-9-8;2*1-7(2)6-8-4-3-5-9-8;1-6(2)8-4-3-7-5-8;1-3-2;1-2/h4-8H,1-3H3;3-7H,1-2H3,(H,9,10);7H,3-6H2,1-2H3;3,5,7H,4,6H2,1-2H3;3-6H,1-2H3;3H,1-2H3;1-2H3. The van der Waals surface area contributed by atoms with Crippen LogP contribution in [0.4, 0.5) is 11.6 Å². The highest BCUT2D eigenvalue weighted by atomic mass is 15.2. The van der Waals surface area contributed by atoms with Gasteiger partial charge in [-0.3, -0.25) is 9.98 Å². The minimum absolute atomic E-state index is 0.454. The van der Waals surface area contributed by atoms with Gasteiger partial charge in [0.25, 0.3) is 0 Å². The van der Waals surface area contributed by atoms with Gasteiger partial charge in [0.05, 0.1) is 6.33 Å². The molecule has 0 unspecified atom stereocenters. The van der Waals surface area contributed by atoms with Crippen molar-refractivity contribution in [2.75, 3.05) is 37.9 Å². The van der Waals surface area contributed by atoms with Crippen LogP contribution in [0.5, 0.6) is 0 Å². The summed E-state index contributed by atoms with van der Waals surface area (Å²) < 4.78 is 2.06. The Morgan fingerprint density at radius 1 is 0.788 bits per heavy atom. The second kappa shape index (κ2) is 33.0. The van der Waals surface area contributed by atoms with Crippen LogP contribution >= 0.6 is 0 Å². The van der Waals surface area contributed by atoms with Gasteiger partial charge in [0.2, 0.25) is 0 Å². The normalized spacial score (nSPS) is 12.3. The molecule has 0 amide bonds. The van der Waals surface area contributed by atoms with Gasteiger partial charge in [-0.15, -0.1) is 0 Å². The molecule has 294 valence electrons. The maximum absolute atomic E-state index is 4.39. The zero-order valence-corrected chi connectivity index (χ0v) is 35.8. The predicted octanol–water partition coefficient (Wildman–Crippen LogP) is 10.8. The molecule has 5 heterocycles. The monoisotopic (exact) mass is 720 g/mol. The number of aliphatic imine (C=N–C) groups is 2. The molecule has 0 aliphatic carbocycles. The fourth-order valence-corrected chi connectivity index (χ4v) is 4.39. The highest BCUT2D eigenvalue weighted by Crippen LogP contribution is 2.12. The van der Waals surface area contributed by atoms with Crippen molar-refractivity contribution in [1.29, 1.82) is 0 Å². The number of pyridine rings is 2. The van der Waals surface area contributed by atoms with Crippen LogP contribution < -0.4 is 15.5 Å². The molecule has 52 heavy (non-hydrogen) atoms. The zero-order chi connectivity index (χ0) is 39.7. The average molecular weight is 720 g/mol. The first kappa shape index (κ1) is 50.3. The number of hydrogen-bond donors (Lipinski definition) is 2. The number of anilines is 2. The lowest BCUT2D eigenvalue weighted by Gasteiger charge is -2.21. The summed E-state index contributed by atoms with van der Waals surface area (Å²) in [6.07, 6.45) is 19.2. The minimum atomic E-state index is 0.454. The Labute approximate surface area is 320 Å². The van der Waals surface area contributed by atoms with Crippen molar-refractivity contribution in [3.8, 4) is 0 Å². The van der Waals surface area contributed by atoms with Gasteiger partial charge in [-0.2, -0.15) is 0 Å². The fraction of sp³-hybridized carbons (Fsp3) is 0.605. The van der Waals surface area contributed by atoms with Gasteiger partial charge in [-0.05, 0) is 117 Å². The third-order valence-electron chi connectivity index (χ3n) is 6.97. The fourth-order valence-electron chi connectivity index (χ4n) is 4.39. The van der Waals surface area contributed by atoms with Gasteiger partial charge in [0.15, 0.2) is 0 Å². The molecule has 2 N–H and O–H groups in total. The highest BCUT2D eigenvalue weighted by Gasteiger charge is 2.07. The Morgan fingerprint density at radius 3 is 1.75 bits per heavy atom. The van der Waals surface area contributed by atoms with Crippen LogP contribution in [0.3, 0.4) is 0 Å². The Hall–Kier alpha value is -3.85. The van der Waals surface area contributed by atoms with Crippen molar-refractivity contribution in [2.24, 2.45) is 21.8 Å². The van der Waals surface area contributed by atoms with Crippen molar-refractivity contribution in [3.05, 3.63) is 79.8 Å². The molecular weight excluding hydrogens is 643 g/mol. The van der Waals surface area contributed by atoms with Gasteiger partial charge >= 0.3 is 0 Å². The summed E-state index contributed by atoms with van der Waals surface area (Å²) in [6, 6.07) is 13.3. The first-order chi connectivity index (χ1) is 24.8. The Balaban J connectivity index is 0. The van der Waals surface area contributed by atoms with Crippen molar-refractivity contribution in [3.63, 3.8) is 0 Å². The summed E-state index contributed by atoms with van der Waals surface area (Å²) in [7, 11) is 5.80. The van der Waals surface area contributed by atoms with E-state index in [4.69, 9.17) is 0 Å². The van der Waals surface area contributed by atoms with Gasteiger partial charge < -0.3 is 20.1 Å². The third kappa shape index (κ3) is 28.8. The Kier molecular flexibility index (Phi) is 31.9. The van der Waals surface area contributed by atoms with E-state index in [1.165, 1.54) is 30.7 Å². The molecule has 0 saturated carbocycles. The van der Waals surface area contributed by atoms with Crippen molar-refractivity contribution in [1.82, 2.24) is 24.8 Å². The Bertz CT molecular complexity index is 1260. The molecule has 3 aromatic rings. The van der Waals surface area contributed by atoms with Crippen LogP contribution in [-0.2, 0) is 0 Å². The van der Waals surface area contributed by atoms with E-state index in [1.807, 2.05) is 96.3 Å². The number of nitrogens with one attached hydrogen (secondary N) is 2. The summed E-state index contributed by atoms with van der Waals surface area (Å²) in [5, 5.41) is 5.94. The van der Waals surface area contributed by atoms with Crippen molar-refractivity contribution < 1.29 is 0 Å². The average Bonchev–Trinajstić information content (AvgIpc) is 3.93. The van der Waals surface area contributed by atoms with Crippen LogP contribution in [-0.4, -0.2) is 70.7 Å². The molecule has 2 aliphatic rings. The molecule has 9 nitrogen and oxygen atoms in total. The quantitative estimate of drug-likeness (QED) is 0.229. The van der Waals surface area contributed by atoms with E-state index in [0.717, 1.165) is 42.9 Å². The molecule has 5 rings (SSSR count). The topological polar surface area (TPSA) is 95.6 Å². The molecule has 0 bridgehead atoms. The third-order valence-corrected chi connectivity index (χ3v) is 6.97. The molecule has 0 saturated heterocycles. The largest absolute Gasteiger partial charge is 0.368 e. The van der Waals surface area contributed by atoms with Gasteiger partial charge in [0, 0.05) is 80.5 Å². The predicted molar refractivity (Wildman–Crippen MR) is 231 cm³/mol. The summed E-state index contributed by atoms with van der Waals surface area (Å²) in [5.41, 5.74) is 2.79. The SMILES string of the molecule is CC.CC(C)CC1=NC=CC1.CC(C)CC1=NCCC1.CC(C)N(C)c1ccccn1.CC(C)Nc1ccccn1.CC(C)n1ccnc1.CNC. The van der Waals surface area contributed by atoms with E-state index in [9.17, 15) is 0 Å². The van der Waals surface area contributed by atoms with Gasteiger partial charge in [-0.25, -0.2) is 15.0 Å². The van der Waals surface area contributed by atoms with Crippen molar-refractivity contribution in [2.45, 2.75) is 133 Å². The number of rotatable bonds is 9. The lowest BCUT2D eigenvalue weighted by molar-refractivity contribution is 0.600. The van der Waals surface area contributed by atoms with Crippen LogP contribution in [0.15, 0.2) is 89.8 Å². The van der Waals surface area contributed by atoms with Crippen LogP contribution in [0.2, 0.25) is 0 Å². The highest BCUT2D eigenvalue weighted by molar-refractivity contribution is 5.88. The molecular formula is C43H77N9. The summed E-state index contributed by atoms with van der Waals surface area (Å²) in [5.74, 6) is 3.52. The van der Waals surface area contributed by atoms with Crippen LogP contribution in [0, 0.1) is 11.8 Å². The van der Waals surface area contributed by atoms with E-state index in [0.29, 0.717) is 18.1 Å². The van der Waals surface area contributed by atoms with Crippen LogP contribution in [0.1, 0.15) is 121 Å². The number of aromatic nitrogens is 4. The summed E-state index contributed by atoms with van der Waals surface area (Å²) >= 11 is 0. The number of imidazole rings is 1. The number of allylic oxidation sites excluding steroid dienone is 1. The Morgan fingerprint density at radius 2 is 1.38 bits per heavy atom. The second-order valence-corrected chi connectivity index (χ2v) is 14.0. The number of nitrogens with zero attached hydrogens (tertiary/aromatic N) is 7. The molecule has 0 atom stereocenters. The maximum Gasteiger partial charge on any atom is 0.128 e. The van der Waals surface area contributed by atoms with Crippen LogP contribution in [0.25, 0.3) is 0 Å². The summed E-state index contributed by atoms with van der Waals surface area (Å²) in [4.78, 5) is 23.0. The first-order valence-electron chi connectivity index (χ1n) is 19.4. The smallest absolute Gasteiger partial charge is 0.128 e. The molecule has 0 radical (unpaired) electrons. The molecule has 0 spiro atoms. The summed E-state index contributed by atoms with van der Waals surface area (Å²) in [6.45, 7) is 26.8. The minimum Gasteiger partial charge on any atom is -0.368 e. The zero-order valence-electron chi connectivity index (χ0n) is 35.8. The first-order valence-corrected chi connectivity index (χ1v) is 19.4. The van der Waals surface area contributed by atoms with E-state index < -0.39 is 0 Å². The molecule has 0 aromatic carbocycles. The molecule has 2 aliphatic heterocycles.